The van der Waals surface area contributed by atoms with Crippen LogP contribution >= 0.6 is 0 Å². The molecule has 4 N–H and O–H groups in total. The molecule has 1 atom stereocenters. The van der Waals surface area contributed by atoms with E-state index >= 15 is 0 Å². The summed E-state index contributed by atoms with van der Waals surface area (Å²) in [6.45, 7) is 3.35. The molecule has 2 aromatic rings. The summed E-state index contributed by atoms with van der Waals surface area (Å²) in [6.07, 6.45) is 0.811. The summed E-state index contributed by atoms with van der Waals surface area (Å²) in [5.41, 5.74) is 7.93. The first kappa shape index (κ1) is 17.5. The van der Waals surface area contributed by atoms with Crippen molar-refractivity contribution in [3.05, 3.63) is 59.2 Å². The third-order valence-corrected chi connectivity index (χ3v) is 4.00. The molecule has 24 heavy (non-hydrogen) atoms. The second-order valence-electron chi connectivity index (χ2n) is 6.11. The minimum Gasteiger partial charge on any atom is -0.399 e. The number of nitriles is 1. The van der Waals surface area contributed by atoms with Crippen LogP contribution in [0.25, 0.3) is 0 Å². The molecule has 124 valence electrons. The Kier molecular flexibility index (Phi) is 5.22. The van der Waals surface area contributed by atoms with E-state index in [4.69, 9.17) is 11.0 Å². The van der Waals surface area contributed by atoms with Crippen LogP contribution in [0, 0.1) is 18.3 Å². The lowest BCUT2D eigenvalue weighted by Crippen LogP contribution is -2.40. The molecule has 0 aliphatic heterocycles. The average molecular weight is 323 g/mol. The molecule has 0 saturated carbocycles. The van der Waals surface area contributed by atoms with Gasteiger partial charge >= 0.3 is 0 Å². The Morgan fingerprint density at radius 2 is 1.96 bits per heavy atom. The number of nitrogens with two attached hydrogens (primary N) is 1. The van der Waals surface area contributed by atoms with Crippen molar-refractivity contribution in [3.63, 3.8) is 0 Å². The maximum Gasteiger partial charge on any atom is 0.256 e. The Morgan fingerprint density at radius 3 is 2.54 bits per heavy atom. The topological polar surface area (TPSA) is 99.1 Å². The molecule has 5 nitrogen and oxygen atoms in total. The van der Waals surface area contributed by atoms with E-state index in [2.05, 4.69) is 11.4 Å². The van der Waals surface area contributed by atoms with Gasteiger partial charge in [0.15, 0.2) is 0 Å². The van der Waals surface area contributed by atoms with Gasteiger partial charge in [0.2, 0.25) is 0 Å². The van der Waals surface area contributed by atoms with Crippen molar-refractivity contribution in [3.8, 4) is 6.07 Å². The standard InChI is InChI=1S/C19H21N3O2/c1-13-11-16(7-8-17(13)21)22-18(23)19(2,24)10-9-14-3-5-15(12-20)6-4-14/h3-8,11,24H,9-10,21H2,1-2H3,(H,22,23)/t19-/m0/s1. The normalized spacial score (nSPS) is 12.9. The van der Waals surface area contributed by atoms with Crippen molar-refractivity contribution in [2.45, 2.75) is 32.3 Å². The number of nitrogens with zero attached hydrogens (tertiary/aromatic N) is 1. The Morgan fingerprint density at radius 1 is 1.29 bits per heavy atom. The predicted molar refractivity (Wildman–Crippen MR) is 94.3 cm³/mol. The van der Waals surface area contributed by atoms with Gasteiger partial charge in [0.25, 0.3) is 5.91 Å². The third-order valence-electron chi connectivity index (χ3n) is 4.00. The maximum absolute atomic E-state index is 12.3. The Labute approximate surface area is 141 Å². The van der Waals surface area contributed by atoms with Gasteiger partial charge in [0.05, 0.1) is 11.6 Å². The molecule has 0 radical (unpaired) electrons. The molecule has 0 fully saturated rings. The fraction of sp³-hybridized carbons (Fsp3) is 0.263. The smallest absolute Gasteiger partial charge is 0.256 e. The summed E-state index contributed by atoms with van der Waals surface area (Å²) in [7, 11) is 0. The molecule has 1 amide bonds. The predicted octanol–water partition coefficient (Wildman–Crippen LogP) is 2.77. The Hall–Kier alpha value is -2.84. The highest BCUT2D eigenvalue weighted by molar-refractivity contribution is 5.97. The minimum absolute atomic E-state index is 0.276. The molecule has 0 unspecified atom stereocenters. The average Bonchev–Trinajstić information content (AvgIpc) is 2.57. The van der Waals surface area contributed by atoms with Crippen molar-refractivity contribution in [1.82, 2.24) is 0 Å². The number of carbonyl (C=O) groups is 1. The Bertz CT molecular complexity index is 774. The van der Waals surface area contributed by atoms with Crippen LogP contribution in [-0.2, 0) is 11.2 Å². The van der Waals surface area contributed by atoms with Crippen LogP contribution in [0.15, 0.2) is 42.5 Å². The molecule has 0 aromatic heterocycles. The van der Waals surface area contributed by atoms with Crippen molar-refractivity contribution in [1.29, 1.82) is 5.26 Å². The number of hydrogen-bond donors (Lipinski definition) is 3. The number of rotatable bonds is 5. The summed E-state index contributed by atoms with van der Waals surface area (Å²) in [5.74, 6) is -0.458. The monoisotopic (exact) mass is 323 g/mol. The van der Waals surface area contributed by atoms with Crippen LogP contribution in [0.2, 0.25) is 0 Å². The number of aliphatic hydroxyl groups is 1. The fourth-order valence-electron chi connectivity index (χ4n) is 2.27. The molecule has 0 bridgehead atoms. The van der Waals surface area contributed by atoms with Crippen molar-refractivity contribution >= 4 is 17.3 Å². The van der Waals surface area contributed by atoms with E-state index in [0.29, 0.717) is 23.4 Å². The van der Waals surface area contributed by atoms with Crippen LogP contribution in [0.5, 0.6) is 0 Å². The maximum atomic E-state index is 12.3. The van der Waals surface area contributed by atoms with Crippen molar-refractivity contribution in [2.75, 3.05) is 11.1 Å². The number of anilines is 2. The number of benzene rings is 2. The van der Waals surface area contributed by atoms with Gasteiger partial charge in [0, 0.05) is 11.4 Å². The molecule has 5 heteroatoms. The lowest BCUT2D eigenvalue weighted by molar-refractivity contribution is -0.132. The summed E-state index contributed by atoms with van der Waals surface area (Å²) in [4.78, 5) is 12.3. The fourth-order valence-corrected chi connectivity index (χ4v) is 2.27. The minimum atomic E-state index is -1.50. The first-order chi connectivity index (χ1) is 11.3. The van der Waals surface area contributed by atoms with Crippen LogP contribution in [0.4, 0.5) is 11.4 Å². The zero-order chi connectivity index (χ0) is 17.7. The first-order valence-electron chi connectivity index (χ1n) is 7.71. The van der Waals surface area contributed by atoms with Gasteiger partial charge in [-0.1, -0.05) is 12.1 Å². The van der Waals surface area contributed by atoms with Crippen LogP contribution in [-0.4, -0.2) is 16.6 Å². The molecular formula is C19H21N3O2. The second kappa shape index (κ2) is 7.16. The number of amides is 1. The summed E-state index contributed by atoms with van der Waals surface area (Å²) in [6, 6.07) is 14.4. The molecule has 0 saturated heterocycles. The van der Waals surface area contributed by atoms with E-state index in [9.17, 15) is 9.90 Å². The van der Waals surface area contributed by atoms with Crippen LogP contribution < -0.4 is 11.1 Å². The molecule has 0 heterocycles. The molecular weight excluding hydrogens is 302 g/mol. The quantitative estimate of drug-likeness (QED) is 0.737. The number of aryl methyl sites for hydroxylation is 2. The van der Waals surface area contributed by atoms with E-state index in [0.717, 1.165) is 11.1 Å². The number of carbonyl (C=O) groups excluding carboxylic acids is 1. The highest BCUT2D eigenvalue weighted by atomic mass is 16.3. The van der Waals surface area contributed by atoms with Gasteiger partial charge in [-0.3, -0.25) is 4.79 Å². The first-order valence-corrected chi connectivity index (χ1v) is 7.71. The zero-order valence-electron chi connectivity index (χ0n) is 13.8. The summed E-state index contributed by atoms with van der Waals surface area (Å²) in [5, 5.41) is 21.9. The lowest BCUT2D eigenvalue weighted by atomic mass is 9.95. The van der Waals surface area contributed by atoms with E-state index in [1.54, 1.807) is 30.3 Å². The van der Waals surface area contributed by atoms with Gasteiger partial charge in [-0.05, 0) is 68.1 Å². The van der Waals surface area contributed by atoms with E-state index < -0.39 is 11.5 Å². The third kappa shape index (κ3) is 4.34. The molecule has 2 rings (SSSR count). The molecule has 0 aliphatic carbocycles. The van der Waals surface area contributed by atoms with Crippen molar-refractivity contribution < 1.29 is 9.90 Å². The number of nitrogen functional groups attached to an aromatic ring is 1. The van der Waals surface area contributed by atoms with Gasteiger partial charge in [-0.2, -0.15) is 5.26 Å². The second-order valence-corrected chi connectivity index (χ2v) is 6.11. The van der Waals surface area contributed by atoms with Crippen LogP contribution in [0.1, 0.15) is 30.0 Å². The summed E-state index contributed by atoms with van der Waals surface area (Å²) < 4.78 is 0. The highest BCUT2D eigenvalue weighted by Crippen LogP contribution is 2.20. The molecule has 0 aliphatic rings. The van der Waals surface area contributed by atoms with Gasteiger partial charge < -0.3 is 16.2 Å². The summed E-state index contributed by atoms with van der Waals surface area (Å²) >= 11 is 0. The highest BCUT2D eigenvalue weighted by Gasteiger charge is 2.29. The van der Waals surface area contributed by atoms with Crippen molar-refractivity contribution in [2.24, 2.45) is 0 Å². The molecule has 0 spiro atoms. The van der Waals surface area contributed by atoms with E-state index in [1.165, 1.54) is 6.92 Å². The number of nitrogens with one attached hydrogen (secondary N) is 1. The zero-order valence-corrected chi connectivity index (χ0v) is 13.8. The SMILES string of the molecule is Cc1cc(NC(=O)[C@@](C)(O)CCc2ccc(C#N)cc2)ccc1N. The van der Waals surface area contributed by atoms with Gasteiger partial charge in [-0.15, -0.1) is 0 Å². The van der Waals surface area contributed by atoms with E-state index in [1.807, 2.05) is 19.1 Å². The number of hydrogen-bond acceptors (Lipinski definition) is 4. The van der Waals surface area contributed by atoms with Gasteiger partial charge in [0.1, 0.15) is 5.60 Å². The van der Waals surface area contributed by atoms with Gasteiger partial charge in [-0.25, -0.2) is 0 Å². The van der Waals surface area contributed by atoms with E-state index in [-0.39, 0.29) is 6.42 Å². The largest absolute Gasteiger partial charge is 0.399 e. The molecule has 2 aromatic carbocycles. The Balaban J connectivity index is 1.98. The lowest BCUT2D eigenvalue weighted by Gasteiger charge is -2.22. The van der Waals surface area contributed by atoms with Crippen LogP contribution in [0.3, 0.4) is 0 Å².